The molecule has 0 bridgehead atoms. The summed E-state index contributed by atoms with van der Waals surface area (Å²) < 4.78 is 0. The maximum absolute atomic E-state index is 12.9. The Kier molecular flexibility index (Phi) is 8.46. The molecule has 0 aliphatic carbocycles. The Morgan fingerprint density at radius 1 is 1.18 bits per heavy atom. The molecule has 28 heavy (non-hydrogen) atoms. The number of benzene rings is 1. The van der Waals surface area contributed by atoms with Gasteiger partial charge in [0, 0.05) is 25.9 Å². The van der Waals surface area contributed by atoms with Crippen LogP contribution in [0, 0.1) is 0 Å². The minimum atomic E-state index is -0.708. The zero-order valence-corrected chi connectivity index (χ0v) is 16.2. The Bertz CT molecular complexity index is 702. The first kappa shape index (κ1) is 21.4. The van der Waals surface area contributed by atoms with Crippen LogP contribution in [0.1, 0.15) is 31.2 Å². The van der Waals surface area contributed by atoms with Crippen LogP contribution in [0.5, 0.6) is 0 Å². The van der Waals surface area contributed by atoms with Crippen molar-refractivity contribution in [2.45, 2.75) is 44.2 Å². The Balaban J connectivity index is 2.07. The van der Waals surface area contributed by atoms with Gasteiger partial charge in [-0.25, -0.2) is 0 Å². The van der Waals surface area contributed by atoms with Gasteiger partial charge in [0.2, 0.25) is 17.7 Å². The molecule has 2 rings (SSSR count). The molecule has 1 heterocycles. The van der Waals surface area contributed by atoms with E-state index >= 15 is 0 Å². The molecular weight excluding hydrogens is 354 g/mol. The summed E-state index contributed by atoms with van der Waals surface area (Å²) in [5.74, 6) is -0.591. The molecular formula is C22H29N3O3. The third-order valence-electron chi connectivity index (χ3n) is 4.77. The van der Waals surface area contributed by atoms with Crippen molar-refractivity contribution in [3.8, 4) is 0 Å². The van der Waals surface area contributed by atoms with E-state index in [1.807, 2.05) is 30.3 Å². The van der Waals surface area contributed by atoms with Crippen molar-refractivity contribution >= 4 is 17.7 Å². The summed E-state index contributed by atoms with van der Waals surface area (Å²) in [5, 5.41) is 5.60. The van der Waals surface area contributed by atoms with Crippen LogP contribution in [-0.2, 0) is 20.8 Å². The second-order valence-corrected chi connectivity index (χ2v) is 6.86. The lowest BCUT2D eigenvalue weighted by atomic mass is 10.0. The molecule has 6 nitrogen and oxygen atoms in total. The van der Waals surface area contributed by atoms with Gasteiger partial charge in [0.15, 0.2) is 0 Å². The summed E-state index contributed by atoms with van der Waals surface area (Å²) in [7, 11) is 0. The largest absolute Gasteiger partial charge is 0.351 e. The predicted molar refractivity (Wildman–Crippen MR) is 109 cm³/mol. The van der Waals surface area contributed by atoms with Crippen LogP contribution in [-0.4, -0.2) is 47.8 Å². The highest BCUT2D eigenvalue weighted by Gasteiger charge is 2.35. The number of hydrogen-bond acceptors (Lipinski definition) is 3. The van der Waals surface area contributed by atoms with E-state index in [4.69, 9.17) is 0 Å². The van der Waals surface area contributed by atoms with Crippen LogP contribution in [0.4, 0.5) is 0 Å². The lowest BCUT2D eigenvalue weighted by Gasteiger charge is -2.26. The summed E-state index contributed by atoms with van der Waals surface area (Å²) in [6, 6.07) is 8.30. The summed E-state index contributed by atoms with van der Waals surface area (Å²) in [6.45, 7) is 8.13. The molecule has 0 radical (unpaired) electrons. The summed E-state index contributed by atoms with van der Waals surface area (Å²) in [4.78, 5) is 39.4. The maximum Gasteiger partial charge on any atom is 0.243 e. The van der Waals surface area contributed by atoms with E-state index in [0.29, 0.717) is 38.8 Å². The number of hydrogen-bond donors (Lipinski definition) is 2. The molecule has 0 spiro atoms. The molecule has 1 aromatic carbocycles. The van der Waals surface area contributed by atoms with Crippen molar-refractivity contribution in [1.82, 2.24) is 15.5 Å². The minimum absolute atomic E-state index is 0.0479. The van der Waals surface area contributed by atoms with Gasteiger partial charge in [0.25, 0.3) is 0 Å². The molecule has 0 aromatic heterocycles. The molecule has 150 valence electrons. The maximum atomic E-state index is 12.9. The number of carbonyl (C=O) groups is 3. The van der Waals surface area contributed by atoms with Crippen molar-refractivity contribution in [3.63, 3.8) is 0 Å². The highest BCUT2D eigenvalue weighted by molar-refractivity contribution is 5.92. The van der Waals surface area contributed by atoms with E-state index in [9.17, 15) is 14.4 Å². The average Bonchev–Trinajstić information content (AvgIpc) is 3.20. The van der Waals surface area contributed by atoms with Crippen molar-refractivity contribution in [2.24, 2.45) is 0 Å². The van der Waals surface area contributed by atoms with E-state index in [0.717, 1.165) is 12.0 Å². The second kappa shape index (κ2) is 11.1. The quantitative estimate of drug-likeness (QED) is 0.607. The SMILES string of the molecule is C=CCCC(=O)N1CCC[C@H]1C(=O)N[C@H](Cc1ccccc1)C(=O)NCC=C. The normalized spacial score (nSPS) is 16.9. The highest BCUT2D eigenvalue weighted by atomic mass is 16.2. The van der Waals surface area contributed by atoms with Crippen LogP contribution in [0.2, 0.25) is 0 Å². The van der Waals surface area contributed by atoms with E-state index in [2.05, 4.69) is 23.8 Å². The van der Waals surface area contributed by atoms with Gasteiger partial charge in [-0.15, -0.1) is 13.2 Å². The fourth-order valence-electron chi connectivity index (χ4n) is 3.33. The summed E-state index contributed by atoms with van der Waals surface area (Å²) in [6.07, 6.45) is 6.00. The van der Waals surface area contributed by atoms with Crippen molar-refractivity contribution in [2.75, 3.05) is 13.1 Å². The van der Waals surface area contributed by atoms with E-state index in [1.54, 1.807) is 17.1 Å². The molecule has 3 amide bonds. The predicted octanol–water partition coefficient (Wildman–Crippen LogP) is 1.97. The van der Waals surface area contributed by atoms with Crippen LogP contribution in [0.25, 0.3) is 0 Å². The molecule has 0 unspecified atom stereocenters. The molecule has 2 atom stereocenters. The molecule has 1 fully saturated rings. The van der Waals surface area contributed by atoms with Crippen molar-refractivity contribution < 1.29 is 14.4 Å². The van der Waals surface area contributed by atoms with Gasteiger partial charge in [-0.3, -0.25) is 14.4 Å². The van der Waals surface area contributed by atoms with Gasteiger partial charge in [-0.05, 0) is 24.8 Å². The first-order valence-electron chi connectivity index (χ1n) is 9.70. The number of nitrogens with one attached hydrogen (secondary N) is 2. The fourth-order valence-corrected chi connectivity index (χ4v) is 3.33. The number of amides is 3. The zero-order chi connectivity index (χ0) is 20.4. The Morgan fingerprint density at radius 3 is 2.61 bits per heavy atom. The van der Waals surface area contributed by atoms with Gasteiger partial charge in [0.05, 0.1) is 0 Å². The first-order valence-corrected chi connectivity index (χ1v) is 9.70. The second-order valence-electron chi connectivity index (χ2n) is 6.86. The molecule has 1 aliphatic rings. The molecule has 1 aromatic rings. The average molecular weight is 383 g/mol. The Morgan fingerprint density at radius 2 is 1.93 bits per heavy atom. The Hall–Kier alpha value is -2.89. The van der Waals surface area contributed by atoms with Gasteiger partial charge in [-0.2, -0.15) is 0 Å². The standard InChI is InChI=1S/C22H29N3O3/c1-3-5-13-20(26)25-15-9-12-19(25)22(28)24-18(21(27)23-14-4-2)16-17-10-7-6-8-11-17/h3-4,6-8,10-11,18-19H,1-2,5,9,12-16H2,(H,23,27)(H,24,28)/t18-,19+/m1/s1. The van der Waals surface area contributed by atoms with Crippen LogP contribution in [0.15, 0.2) is 55.6 Å². The smallest absolute Gasteiger partial charge is 0.243 e. The number of nitrogens with zero attached hydrogens (tertiary/aromatic N) is 1. The molecule has 2 N–H and O–H groups in total. The lowest BCUT2D eigenvalue weighted by Crippen LogP contribution is -2.53. The van der Waals surface area contributed by atoms with Crippen molar-refractivity contribution in [1.29, 1.82) is 0 Å². The zero-order valence-electron chi connectivity index (χ0n) is 16.2. The summed E-state index contributed by atoms with van der Waals surface area (Å²) >= 11 is 0. The first-order chi connectivity index (χ1) is 13.6. The summed E-state index contributed by atoms with van der Waals surface area (Å²) in [5.41, 5.74) is 0.951. The minimum Gasteiger partial charge on any atom is -0.351 e. The van der Waals surface area contributed by atoms with Crippen LogP contribution < -0.4 is 10.6 Å². The van der Waals surface area contributed by atoms with E-state index in [1.165, 1.54) is 0 Å². The van der Waals surface area contributed by atoms with Gasteiger partial charge < -0.3 is 15.5 Å². The van der Waals surface area contributed by atoms with Crippen LogP contribution >= 0.6 is 0 Å². The number of allylic oxidation sites excluding steroid dienone is 1. The monoisotopic (exact) mass is 383 g/mol. The highest BCUT2D eigenvalue weighted by Crippen LogP contribution is 2.19. The van der Waals surface area contributed by atoms with Crippen LogP contribution in [0.3, 0.4) is 0 Å². The van der Waals surface area contributed by atoms with Gasteiger partial charge >= 0.3 is 0 Å². The molecule has 1 saturated heterocycles. The third kappa shape index (κ3) is 6.08. The number of likely N-dealkylation sites (tertiary alicyclic amines) is 1. The van der Waals surface area contributed by atoms with E-state index < -0.39 is 12.1 Å². The fraction of sp³-hybridized carbons (Fsp3) is 0.409. The molecule has 6 heteroatoms. The number of rotatable bonds is 10. The molecule has 1 aliphatic heterocycles. The van der Waals surface area contributed by atoms with Crippen molar-refractivity contribution in [3.05, 3.63) is 61.2 Å². The third-order valence-corrected chi connectivity index (χ3v) is 4.77. The molecule has 0 saturated carbocycles. The van der Waals surface area contributed by atoms with Gasteiger partial charge in [-0.1, -0.05) is 42.5 Å². The Labute approximate surface area is 166 Å². The van der Waals surface area contributed by atoms with Gasteiger partial charge in [0.1, 0.15) is 12.1 Å². The topological polar surface area (TPSA) is 78.5 Å². The number of carbonyl (C=O) groups excluding carboxylic acids is 3. The van der Waals surface area contributed by atoms with E-state index in [-0.39, 0.29) is 17.7 Å². The lowest BCUT2D eigenvalue weighted by molar-refractivity contribution is -0.139.